The fourth-order valence-electron chi connectivity index (χ4n) is 6.01. The van der Waals surface area contributed by atoms with Crippen molar-refractivity contribution in [2.45, 2.75) is 32.4 Å². The summed E-state index contributed by atoms with van der Waals surface area (Å²) in [5, 5.41) is 9.73. The van der Waals surface area contributed by atoms with Gasteiger partial charge < -0.3 is 14.2 Å². The van der Waals surface area contributed by atoms with E-state index in [0.717, 1.165) is 60.6 Å². The molecule has 1 aliphatic rings. The zero-order chi connectivity index (χ0) is 25.5. The van der Waals surface area contributed by atoms with Gasteiger partial charge in [0.25, 0.3) is 0 Å². The first-order chi connectivity index (χ1) is 18.0. The number of benzene rings is 2. The Kier molecular flexibility index (Phi) is 6.26. The Hall–Kier alpha value is -3.55. The van der Waals surface area contributed by atoms with E-state index in [9.17, 15) is 0 Å². The van der Waals surface area contributed by atoms with Gasteiger partial charge in [-0.2, -0.15) is 0 Å². The van der Waals surface area contributed by atoms with E-state index < -0.39 is 0 Å². The van der Waals surface area contributed by atoms with E-state index in [1.54, 1.807) is 0 Å². The Balaban J connectivity index is 1.66. The number of nitrogens with zero attached hydrogens (tertiary/aromatic N) is 6. The minimum absolute atomic E-state index is 0.183. The lowest BCUT2D eigenvalue weighted by atomic mass is 9.86. The van der Waals surface area contributed by atoms with Crippen molar-refractivity contribution in [1.82, 2.24) is 29.4 Å². The summed E-state index contributed by atoms with van der Waals surface area (Å²) in [6.45, 7) is 4.51. The molecule has 6 rings (SSSR count). The molecule has 37 heavy (non-hydrogen) atoms. The van der Waals surface area contributed by atoms with Gasteiger partial charge >= 0.3 is 0 Å². The Bertz CT molecular complexity index is 1530. The van der Waals surface area contributed by atoms with Crippen LogP contribution in [0.2, 0.25) is 0 Å². The highest BCUT2D eigenvalue weighted by molar-refractivity contribution is 6.07. The fraction of sp³-hybridized carbons (Fsp3) is 0.367. The lowest BCUT2D eigenvalue weighted by Gasteiger charge is -2.33. The predicted molar refractivity (Wildman–Crippen MR) is 147 cm³/mol. The normalized spacial score (nSPS) is 15.7. The third kappa shape index (κ3) is 4.32. The molecule has 0 saturated carbocycles. The Morgan fingerprint density at radius 1 is 1.03 bits per heavy atom. The third-order valence-corrected chi connectivity index (χ3v) is 7.60. The van der Waals surface area contributed by atoms with Crippen molar-refractivity contribution in [1.29, 1.82) is 0 Å². The summed E-state index contributed by atoms with van der Waals surface area (Å²) in [4.78, 5) is 7.27. The molecular formula is C30H34N6O. The minimum atomic E-state index is 0.183. The van der Waals surface area contributed by atoms with E-state index in [1.807, 2.05) is 24.9 Å². The SMILES string of the molecule is Cc1nnn(C)c1-c1cnc2c3ccc(CN(C)C)cc3n(C(c3ccccc3)C3CCOCC3)c2c1. The first-order valence-corrected chi connectivity index (χ1v) is 13.1. The van der Waals surface area contributed by atoms with Gasteiger partial charge in [0.05, 0.1) is 34.0 Å². The molecule has 0 amide bonds. The Morgan fingerprint density at radius 3 is 2.51 bits per heavy atom. The van der Waals surface area contributed by atoms with Crippen LogP contribution in [0.25, 0.3) is 33.2 Å². The quantitative estimate of drug-likeness (QED) is 0.318. The summed E-state index contributed by atoms with van der Waals surface area (Å²) in [6.07, 6.45) is 4.05. The molecule has 1 aliphatic heterocycles. The van der Waals surface area contributed by atoms with Crippen molar-refractivity contribution in [3.8, 4) is 11.3 Å². The molecule has 4 heterocycles. The predicted octanol–water partition coefficient (Wildman–Crippen LogP) is 5.37. The molecule has 0 bridgehead atoms. The van der Waals surface area contributed by atoms with Crippen LogP contribution in [-0.4, -0.2) is 56.8 Å². The molecule has 5 aromatic rings. The maximum atomic E-state index is 5.79. The van der Waals surface area contributed by atoms with E-state index in [1.165, 1.54) is 22.0 Å². The second-order valence-corrected chi connectivity index (χ2v) is 10.5. The zero-order valence-corrected chi connectivity index (χ0v) is 22.1. The van der Waals surface area contributed by atoms with Crippen LogP contribution < -0.4 is 0 Å². The maximum absolute atomic E-state index is 5.79. The summed E-state index contributed by atoms with van der Waals surface area (Å²) in [6, 6.07) is 20.3. The van der Waals surface area contributed by atoms with Crippen LogP contribution in [-0.2, 0) is 18.3 Å². The fourth-order valence-corrected chi connectivity index (χ4v) is 6.01. The van der Waals surface area contributed by atoms with Crippen LogP contribution in [0.4, 0.5) is 0 Å². The molecule has 0 aliphatic carbocycles. The van der Waals surface area contributed by atoms with Crippen LogP contribution >= 0.6 is 0 Å². The van der Waals surface area contributed by atoms with Crippen LogP contribution in [0.1, 0.15) is 35.7 Å². The highest BCUT2D eigenvalue weighted by Crippen LogP contribution is 2.41. The van der Waals surface area contributed by atoms with Crippen LogP contribution in [0.5, 0.6) is 0 Å². The molecule has 1 saturated heterocycles. The number of fused-ring (bicyclic) bond motifs is 3. The molecule has 1 fully saturated rings. The second kappa shape index (κ2) is 9.72. The molecule has 0 radical (unpaired) electrons. The van der Waals surface area contributed by atoms with Gasteiger partial charge in [-0.15, -0.1) is 5.10 Å². The van der Waals surface area contributed by atoms with Gasteiger partial charge in [-0.3, -0.25) is 4.98 Å². The van der Waals surface area contributed by atoms with Gasteiger partial charge in [0, 0.05) is 44.0 Å². The van der Waals surface area contributed by atoms with Gasteiger partial charge in [0.2, 0.25) is 0 Å². The number of ether oxygens (including phenoxy) is 1. The van der Waals surface area contributed by atoms with Crippen molar-refractivity contribution in [3.63, 3.8) is 0 Å². The highest BCUT2D eigenvalue weighted by Gasteiger charge is 2.30. The van der Waals surface area contributed by atoms with E-state index in [2.05, 4.69) is 88.5 Å². The smallest absolute Gasteiger partial charge is 0.0960 e. The van der Waals surface area contributed by atoms with Crippen molar-refractivity contribution in [2.24, 2.45) is 13.0 Å². The van der Waals surface area contributed by atoms with Crippen LogP contribution in [0.15, 0.2) is 60.8 Å². The second-order valence-electron chi connectivity index (χ2n) is 10.5. The molecule has 0 spiro atoms. The zero-order valence-electron chi connectivity index (χ0n) is 22.1. The number of rotatable bonds is 6. The standard InChI is InChI=1S/C30H34N6O/c1-20-29(35(4)33-32-20)24-17-27-28(31-18-24)25-11-10-21(19-34(2)3)16-26(25)36(27)30(22-8-6-5-7-9-22)23-12-14-37-15-13-23/h5-11,16-18,23,30H,12-15,19H2,1-4H3. The van der Waals surface area contributed by atoms with Crippen LogP contribution in [0.3, 0.4) is 0 Å². The molecule has 1 atom stereocenters. The summed E-state index contributed by atoms with van der Waals surface area (Å²) >= 11 is 0. The number of hydrogen-bond donors (Lipinski definition) is 0. The molecule has 7 heteroatoms. The summed E-state index contributed by atoms with van der Waals surface area (Å²) in [5.74, 6) is 0.469. The van der Waals surface area contributed by atoms with E-state index in [4.69, 9.17) is 9.72 Å². The highest BCUT2D eigenvalue weighted by atomic mass is 16.5. The van der Waals surface area contributed by atoms with Crippen LogP contribution in [0, 0.1) is 12.8 Å². The Morgan fingerprint density at radius 2 is 1.81 bits per heavy atom. The van der Waals surface area contributed by atoms with E-state index in [0.29, 0.717) is 5.92 Å². The average Bonchev–Trinajstić information content (AvgIpc) is 3.41. The van der Waals surface area contributed by atoms with Gasteiger partial charge in [0.15, 0.2) is 0 Å². The molecule has 2 aromatic carbocycles. The first kappa shape index (κ1) is 23.8. The van der Waals surface area contributed by atoms with Crippen molar-refractivity contribution in [3.05, 3.63) is 77.6 Å². The van der Waals surface area contributed by atoms with Gasteiger partial charge in [-0.1, -0.05) is 47.7 Å². The number of aryl methyl sites for hydroxylation is 2. The topological polar surface area (TPSA) is 61.0 Å². The van der Waals surface area contributed by atoms with Crippen molar-refractivity contribution >= 4 is 21.9 Å². The third-order valence-electron chi connectivity index (χ3n) is 7.60. The molecule has 3 aromatic heterocycles. The first-order valence-electron chi connectivity index (χ1n) is 13.1. The summed E-state index contributed by atoms with van der Waals surface area (Å²) in [7, 11) is 6.18. The molecule has 0 N–H and O–H groups in total. The lowest BCUT2D eigenvalue weighted by Crippen LogP contribution is -2.27. The van der Waals surface area contributed by atoms with Crippen molar-refractivity contribution < 1.29 is 4.74 Å². The largest absolute Gasteiger partial charge is 0.381 e. The summed E-state index contributed by atoms with van der Waals surface area (Å²) in [5.41, 5.74) is 8.99. The number of hydrogen-bond acceptors (Lipinski definition) is 5. The molecular weight excluding hydrogens is 460 g/mol. The number of aromatic nitrogens is 5. The number of pyridine rings is 1. The van der Waals surface area contributed by atoms with E-state index >= 15 is 0 Å². The molecule has 1 unspecified atom stereocenters. The van der Waals surface area contributed by atoms with E-state index in [-0.39, 0.29) is 6.04 Å². The summed E-state index contributed by atoms with van der Waals surface area (Å²) < 4.78 is 10.2. The van der Waals surface area contributed by atoms with Gasteiger partial charge in [-0.25, -0.2) is 4.68 Å². The average molecular weight is 495 g/mol. The maximum Gasteiger partial charge on any atom is 0.0960 e. The molecule has 7 nitrogen and oxygen atoms in total. The van der Waals surface area contributed by atoms with Gasteiger partial charge in [0.1, 0.15) is 0 Å². The lowest BCUT2D eigenvalue weighted by molar-refractivity contribution is 0.0553. The van der Waals surface area contributed by atoms with Crippen molar-refractivity contribution in [2.75, 3.05) is 27.3 Å². The Labute approximate surface area is 217 Å². The minimum Gasteiger partial charge on any atom is -0.381 e. The monoisotopic (exact) mass is 494 g/mol. The molecule has 190 valence electrons. The van der Waals surface area contributed by atoms with Gasteiger partial charge in [-0.05, 0) is 63.0 Å².